The second-order valence-corrected chi connectivity index (χ2v) is 17.0. The predicted molar refractivity (Wildman–Crippen MR) is 187 cm³/mol. The Labute approximate surface area is 292 Å². The molecule has 48 heavy (non-hydrogen) atoms. The molecule has 5 atom stereocenters. The van der Waals surface area contributed by atoms with E-state index in [1.807, 2.05) is 60.7 Å². The van der Waals surface area contributed by atoms with E-state index in [9.17, 15) is 22.8 Å². The highest BCUT2D eigenvalue weighted by molar-refractivity contribution is 9.10. The summed E-state index contributed by atoms with van der Waals surface area (Å²) in [7, 11) is -3.83. The maximum Gasteiger partial charge on any atom is 0.274 e. The Morgan fingerprint density at radius 2 is 1.90 bits per heavy atom. The van der Waals surface area contributed by atoms with E-state index < -0.39 is 50.8 Å². The van der Waals surface area contributed by atoms with Crippen LogP contribution >= 0.6 is 27.3 Å². The molecule has 0 bridgehead atoms. The van der Waals surface area contributed by atoms with Crippen LogP contribution in [0.3, 0.4) is 0 Å². The van der Waals surface area contributed by atoms with E-state index in [2.05, 4.69) is 36.3 Å². The zero-order valence-corrected chi connectivity index (χ0v) is 29.5. The van der Waals surface area contributed by atoms with Crippen molar-refractivity contribution >= 4 is 70.9 Å². The van der Waals surface area contributed by atoms with Crippen LogP contribution in [0.1, 0.15) is 57.8 Å². The number of nitrogens with one attached hydrogen (secondary N) is 3. The minimum absolute atomic E-state index is 0.155. The molecule has 2 aliphatic carbocycles. The van der Waals surface area contributed by atoms with E-state index in [1.54, 1.807) is 4.90 Å². The van der Waals surface area contributed by atoms with Gasteiger partial charge in [0, 0.05) is 22.5 Å². The average Bonchev–Trinajstić information content (AvgIpc) is 3.95. The Balaban J connectivity index is 1.18. The number of thiazole rings is 1. The summed E-state index contributed by atoms with van der Waals surface area (Å²) in [5, 5.41) is 6.19. The molecule has 0 unspecified atom stereocenters. The third-order valence-corrected chi connectivity index (χ3v) is 12.8. The maximum absolute atomic E-state index is 14.4. The SMILES string of the molecule is O=C1N[C@]2(C(=O)NS(=O)(=O)C3CC3)C[C@H]2/C=C\CCCCC[C@H](Nc2ccccc2)C(=O)N2C[C@H](Oc3nc4ccc(Br)cc4s3)C[C@@H]12. The zero-order chi connectivity index (χ0) is 33.5. The molecular formula is C34H38BrN5O6S2. The van der Waals surface area contributed by atoms with E-state index in [4.69, 9.17) is 4.74 Å². The molecule has 1 aromatic heterocycles. The van der Waals surface area contributed by atoms with Gasteiger partial charge in [-0.25, -0.2) is 13.4 Å². The van der Waals surface area contributed by atoms with Gasteiger partial charge in [0.1, 0.15) is 23.7 Å². The largest absolute Gasteiger partial charge is 0.465 e. The lowest BCUT2D eigenvalue weighted by atomic mass is 10.0. The van der Waals surface area contributed by atoms with Gasteiger partial charge in [-0.05, 0) is 68.9 Å². The van der Waals surface area contributed by atoms with Crippen LogP contribution in [-0.2, 0) is 24.4 Å². The number of rotatable bonds is 7. The summed E-state index contributed by atoms with van der Waals surface area (Å²) in [4.78, 5) is 48.4. The van der Waals surface area contributed by atoms with Crippen molar-refractivity contribution in [3.63, 3.8) is 0 Å². The quantitative estimate of drug-likeness (QED) is 0.289. The molecule has 0 radical (unpaired) electrons. The van der Waals surface area contributed by atoms with Crippen LogP contribution in [0.25, 0.3) is 10.2 Å². The molecular weight excluding hydrogens is 718 g/mol. The Morgan fingerprint density at radius 3 is 2.69 bits per heavy atom. The van der Waals surface area contributed by atoms with Gasteiger partial charge in [0.2, 0.25) is 21.8 Å². The van der Waals surface area contributed by atoms with Crippen molar-refractivity contribution in [3.8, 4) is 5.19 Å². The van der Waals surface area contributed by atoms with Gasteiger partial charge >= 0.3 is 0 Å². The summed E-state index contributed by atoms with van der Waals surface area (Å²) >= 11 is 4.88. The number of hydrogen-bond donors (Lipinski definition) is 3. The third kappa shape index (κ3) is 7.11. The van der Waals surface area contributed by atoms with Gasteiger partial charge < -0.3 is 20.3 Å². The lowest BCUT2D eigenvalue weighted by molar-refractivity contribution is -0.140. The zero-order valence-electron chi connectivity index (χ0n) is 26.3. The second-order valence-electron chi connectivity index (χ2n) is 13.1. The van der Waals surface area contributed by atoms with Crippen molar-refractivity contribution in [1.29, 1.82) is 0 Å². The van der Waals surface area contributed by atoms with Crippen LogP contribution < -0.4 is 20.1 Å². The first-order chi connectivity index (χ1) is 23.1. The molecule has 254 valence electrons. The van der Waals surface area contributed by atoms with Crippen molar-refractivity contribution in [1.82, 2.24) is 19.9 Å². The molecule has 2 aromatic carbocycles. The molecule has 2 aliphatic heterocycles. The van der Waals surface area contributed by atoms with Crippen molar-refractivity contribution in [3.05, 3.63) is 65.2 Å². The third-order valence-electron chi connectivity index (χ3n) is 9.56. The van der Waals surface area contributed by atoms with Crippen molar-refractivity contribution in [2.45, 2.75) is 86.8 Å². The van der Waals surface area contributed by atoms with Gasteiger partial charge in [0.05, 0.1) is 22.0 Å². The number of aromatic nitrogens is 1. The van der Waals surface area contributed by atoms with E-state index in [0.29, 0.717) is 24.5 Å². The molecule has 3 aromatic rings. The number of ether oxygens (including phenoxy) is 1. The van der Waals surface area contributed by atoms with Crippen molar-refractivity contribution < 1.29 is 27.5 Å². The fourth-order valence-electron chi connectivity index (χ4n) is 6.65. The maximum atomic E-state index is 14.4. The van der Waals surface area contributed by atoms with E-state index in [1.165, 1.54) is 11.3 Å². The van der Waals surface area contributed by atoms with E-state index >= 15 is 0 Å². The van der Waals surface area contributed by atoms with Gasteiger partial charge in [0.15, 0.2) is 0 Å². The van der Waals surface area contributed by atoms with Crippen LogP contribution in [0.5, 0.6) is 5.19 Å². The van der Waals surface area contributed by atoms with E-state index in [-0.39, 0.29) is 31.2 Å². The molecule has 3 fully saturated rings. The van der Waals surface area contributed by atoms with Crippen LogP contribution in [0.15, 0.2) is 65.2 Å². The molecule has 2 saturated carbocycles. The highest BCUT2D eigenvalue weighted by Gasteiger charge is 2.62. The van der Waals surface area contributed by atoms with Gasteiger partial charge in [0.25, 0.3) is 11.1 Å². The number of carbonyl (C=O) groups is 3. The lowest BCUT2D eigenvalue weighted by Crippen LogP contribution is -2.57. The van der Waals surface area contributed by atoms with E-state index in [0.717, 1.165) is 46.1 Å². The Hall–Kier alpha value is -3.49. The smallest absolute Gasteiger partial charge is 0.274 e. The van der Waals surface area contributed by atoms with Crippen molar-refractivity contribution in [2.24, 2.45) is 5.92 Å². The number of nitrogens with zero attached hydrogens (tertiary/aromatic N) is 2. The minimum Gasteiger partial charge on any atom is -0.465 e. The second kappa shape index (κ2) is 13.4. The van der Waals surface area contributed by atoms with Crippen LogP contribution in [0.2, 0.25) is 0 Å². The standard InChI is InChI=1S/C34H38BrN5O6S2/c35-22-13-16-26-29(17-22)47-33(37-26)46-24-18-28-30(41)38-34(32(43)39-48(44,45)25-14-15-25)19-21(34)9-5-2-1-3-8-12-27(31(42)40(28)20-24)36-23-10-6-4-7-11-23/h4-7,9-11,13,16-17,21,24-25,27-28,36H,1-3,8,12,14-15,18-20H2,(H,38,41)(H,39,43)/b9-5-/t21-,24-,27+,28+,34-/m1/s1. The van der Waals surface area contributed by atoms with Crippen LogP contribution in [0, 0.1) is 5.92 Å². The van der Waals surface area contributed by atoms with Gasteiger partial charge in [-0.1, -0.05) is 70.5 Å². The van der Waals surface area contributed by atoms with Crippen molar-refractivity contribution in [2.75, 3.05) is 11.9 Å². The minimum atomic E-state index is -3.83. The van der Waals surface area contributed by atoms with Crippen LogP contribution in [0.4, 0.5) is 5.69 Å². The number of sulfonamides is 1. The molecule has 3 amide bonds. The average molecular weight is 757 g/mol. The highest BCUT2D eigenvalue weighted by Crippen LogP contribution is 2.46. The summed E-state index contributed by atoms with van der Waals surface area (Å²) in [5.41, 5.74) is 0.179. The number of amides is 3. The monoisotopic (exact) mass is 755 g/mol. The van der Waals surface area contributed by atoms with Gasteiger partial charge in [-0.15, -0.1) is 0 Å². The number of para-hydroxylation sites is 1. The number of carbonyl (C=O) groups excluding carboxylic acids is 3. The summed E-state index contributed by atoms with van der Waals surface area (Å²) in [5.74, 6) is -1.82. The normalized spacial score (nSPS) is 28.7. The number of benzene rings is 2. The first-order valence-corrected chi connectivity index (χ1v) is 19.7. The predicted octanol–water partition coefficient (Wildman–Crippen LogP) is 4.89. The molecule has 3 heterocycles. The Bertz CT molecular complexity index is 1850. The number of anilines is 1. The Kier molecular flexibility index (Phi) is 9.24. The van der Waals surface area contributed by atoms with Gasteiger partial charge in [-0.3, -0.25) is 19.1 Å². The molecule has 3 N–H and O–H groups in total. The summed E-state index contributed by atoms with van der Waals surface area (Å²) in [6, 6.07) is 13.8. The number of halogens is 1. The molecule has 7 rings (SSSR count). The summed E-state index contributed by atoms with van der Waals surface area (Å²) in [6.45, 7) is 0.155. The number of fused-ring (bicyclic) bond motifs is 3. The first-order valence-electron chi connectivity index (χ1n) is 16.5. The topological polar surface area (TPSA) is 147 Å². The van der Waals surface area contributed by atoms with Gasteiger partial charge in [-0.2, -0.15) is 0 Å². The fraction of sp³-hybridized carbons (Fsp3) is 0.471. The molecule has 1 saturated heterocycles. The highest BCUT2D eigenvalue weighted by atomic mass is 79.9. The molecule has 11 nitrogen and oxygen atoms in total. The molecule has 14 heteroatoms. The first kappa shape index (κ1) is 33.0. The lowest BCUT2D eigenvalue weighted by Gasteiger charge is -2.30. The summed E-state index contributed by atoms with van der Waals surface area (Å²) in [6.07, 6.45) is 8.86. The number of allylic oxidation sites excluding steroid dienone is 1. The van der Waals surface area contributed by atoms with Crippen LogP contribution in [-0.4, -0.2) is 71.5 Å². The molecule has 4 aliphatic rings. The number of hydrogen-bond acceptors (Lipinski definition) is 9. The summed E-state index contributed by atoms with van der Waals surface area (Å²) < 4.78 is 36.0. The Morgan fingerprint density at radius 1 is 1.08 bits per heavy atom. The fourth-order valence-corrected chi connectivity index (χ4v) is 9.45. The molecule has 0 spiro atoms.